The van der Waals surface area contributed by atoms with Crippen molar-refractivity contribution in [1.29, 1.82) is 5.26 Å². The van der Waals surface area contributed by atoms with Crippen molar-refractivity contribution >= 4 is 5.97 Å². The van der Waals surface area contributed by atoms with Crippen LogP contribution in [0.5, 0.6) is 0 Å². The highest BCUT2D eigenvalue weighted by Gasteiger charge is 2.13. The first-order valence-corrected chi connectivity index (χ1v) is 5.19. The minimum atomic E-state index is -1.07. The Hall–Kier alpha value is -2.68. The van der Waals surface area contributed by atoms with Gasteiger partial charge >= 0.3 is 5.97 Å². The molecule has 2 aromatic heterocycles. The Morgan fingerprint density at radius 3 is 2.78 bits per heavy atom. The zero-order valence-corrected chi connectivity index (χ0v) is 9.88. The fraction of sp³-hybridized carbons (Fsp3) is 0.167. The maximum absolute atomic E-state index is 10.8. The van der Waals surface area contributed by atoms with Crippen molar-refractivity contribution in [3.8, 4) is 11.9 Å². The smallest absolute Gasteiger partial charge is 0.338 e. The first kappa shape index (κ1) is 11.8. The van der Waals surface area contributed by atoms with Crippen LogP contribution >= 0.6 is 0 Å². The summed E-state index contributed by atoms with van der Waals surface area (Å²) in [5, 5.41) is 21.9. The molecule has 0 aliphatic rings. The van der Waals surface area contributed by atoms with Gasteiger partial charge in [0.2, 0.25) is 0 Å². The van der Waals surface area contributed by atoms with Crippen LogP contribution in [-0.2, 0) is 0 Å². The van der Waals surface area contributed by atoms with E-state index < -0.39 is 5.97 Å². The van der Waals surface area contributed by atoms with Gasteiger partial charge in [-0.2, -0.15) is 10.4 Å². The molecule has 0 saturated heterocycles. The lowest BCUT2D eigenvalue weighted by atomic mass is 10.1. The summed E-state index contributed by atoms with van der Waals surface area (Å²) in [6.45, 7) is 3.61. The Morgan fingerprint density at radius 2 is 2.22 bits per heavy atom. The standard InChI is InChI=1S/C12H10N4O2/c1-7-3-8(2)15-11(10(7)4-13)16-6-9(5-14-16)12(17)18/h3,5-6H,1-2H3,(H,17,18). The van der Waals surface area contributed by atoms with Crippen LogP contribution in [0, 0.1) is 25.2 Å². The van der Waals surface area contributed by atoms with Crippen LogP contribution in [0.4, 0.5) is 0 Å². The van der Waals surface area contributed by atoms with Gasteiger partial charge in [-0.3, -0.25) is 0 Å². The number of hydrogen-bond acceptors (Lipinski definition) is 4. The number of nitrogens with zero attached hydrogens (tertiary/aromatic N) is 4. The number of carboxylic acids is 1. The highest BCUT2D eigenvalue weighted by Crippen LogP contribution is 2.16. The summed E-state index contributed by atoms with van der Waals surface area (Å²) < 4.78 is 1.31. The lowest BCUT2D eigenvalue weighted by Crippen LogP contribution is -2.05. The van der Waals surface area contributed by atoms with E-state index in [2.05, 4.69) is 16.2 Å². The summed E-state index contributed by atoms with van der Waals surface area (Å²) >= 11 is 0. The molecule has 0 atom stereocenters. The van der Waals surface area contributed by atoms with Gasteiger partial charge in [0.15, 0.2) is 5.82 Å². The molecule has 0 bridgehead atoms. The van der Waals surface area contributed by atoms with Crippen LogP contribution in [0.15, 0.2) is 18.5 Å². The molecule has 18 heavy (non-hydrogen) atoms. The monoisotopic (exact) mass is 242 g/mol. The van der Waals surface area contributed by atoms with E-state index in [0.29, 0.717) is 11.4 Å². The Kier molecular flexibility index (Phi) is 2.81. The minimum absolute atomic E-state index is 0.0554. The second-order valence-electron chi connectivity index (χ2n) is 3.87. The van der Waals surface area contributed by atoms with Gasteiger partial charge < -0.3 is 5.11 Å². The van der Waals surface area contributed by atoms with E-state index in [1.807, 2.05) is 0 Å². The van der Waals surface area contributed by atoms with E-state index in [1.54, 1.807) is 19.9 Å². The molecule has 0 radical (unpaired) electrons. The Balaban J connectivity index is 2.63. The number of pyridine rings is 1. The quantitative estimate of drug-likeness (QED) is 0.860. The number of aromatic nitrogens is 3. The highest BCUT2D eigenvalue weighted by atomic mass is 16.4. The summed E-state index contributed by atoms with van der Waals surface area (Å²) in [5.41, 5.74) is 1.97. The van der Waals surface area contributed by atoms with Gasteiger partial charge in [0, 0.05) is 11.9 Å². The second-order valence-corrected chi connectivity index (χ2v) is 3.87. The molecule has 2 heterocycles. The molecular formula is C12H10N4O2. The third-order valence-electron chi connectivity index (χ3n) is 2.48. The Labute approximate surface area is 103 Å². The summed E-state index contributed by atoms with van der Waals surface area (Å²) in [5.74, 6) is -0.716. The van der Waals surface area contributed by atoms with E-state index in [1.165, 1.54) is 17.1 Å². The summed E-state index contributed by atoms with van der Waals surface area (Å²) in [6.07, 6.45) is 2.56. The molecule has 0 spiro atoms. The first-order chi connectivity index (χ1) is 8.52. The molecule has 0 aromatic carbocycles. The topological polar surface area (TPSA) is 91.8 Å². The average Bonchev–Trinajstić information content (AvgIpc) is 2.77. The van der Waals surface area contributed by atoms with Crippen LogP contribution in [0.1, 0.15) is 27.2 Å². The molecule has 1 N–H and O–H groups in total. The molecule has 90 valence electrons. The van der Waals surface area contributed by atoms with Gasteiger partial charge in [-0.1, -0.05) is 0 Å². The number of hydrogen-bond donors (Lipinski definition) is 1. The molecule has 0 fully saturated rings. The van der Waals surface area contributed by atoms with E-state index >= 15 is 0 Å². The van der Waals surface area contributed by atoms with Gasteiger partial charge in [-0.05, 0) is 25.5 Å². The molecule has 0 unspecified atom stereocenters. The van der Waals surface area contributed by atoms with Gasteiger partial charge in [0.05, 0.1) is 17.3 Å². The summed E-state index contributed by atoms with van der Waals surface area (Å²) in [6, 6.07) is 3.85. The SMILES string of the molecule is Cc1cc(C)c(C#N)c(-n2cc(C(=O)O)cn2)n1. The zero-order chi connectivity index (χ0) is 13.3. The van der Waals surface area contributed by atoms with Crippen molar-refractivity contribution in [2.75, 3.05) is 0 Å². The molecule has 2 rings (SSSR count). The predicted octanol–water partition coefficient (Wildman–Crippen LogP) is 1.45. The maximum Gasteiger partial charge on any atom is 0.338 e. The Bertz CT molecular complexity index is 667. The fourth-order valence-electron chi connectivity index (χ4n) is 1.67. The number of rotatable bonds is 2. The van der Waals surface area contributed by atoms with Gasteiger partial charge in [-0.15, -0.1) is 0 Å². The number of carbonyl (C=O) groups is 1. The van der Waals surface area contributed by atoms with Crippen LogP contribution in [-0.4, -0.2) is 25.8 Å². The molecule has 0 aliphatic carbocycles. The maximum atomic E-state index is 10.8. The molecular weight excluding hydrogens is 232 g/mol. The van der Waals surface area contributed by atoms with Crippen molar-refractivity contribution in [3.63, 3.8) is 0 Å². The van der Waals surface area contributed by atoms with Crippen molar-refractivity contribution in [3.05, 3.63) is 40.8 Å². The molecule has 2 aromatic rings. The number of aryl methyl sites for hydroxylation is 2. The number of aromatic carboxylic acids is 1. The van der Waals surface area contributed by atoms with Crippen LogP contribution in [0.25, 0.3) is 5.82 Å². The van der Waals surface area contributed by atoms with E-state index in [-0.39, 0.29) is 5.56 Å². The van der Waals surface area contributed by atoms with Crippen molar-refractivity contribution < 1.29 is 9.90 Å². The summed E-state index contributed by atoms with van der Waals surface area (Å²) in [7, 11) is 0. The van der Waals surface area contributed by atoms with E-state index in [0.717, 1.165) is 11.3 Å². The lowest BCUT2D eigenvalue weighted by Gasteiger charge is -2.06. The summed E-state index contributed by atoms with van der Waals surface area (Å²) in [4.78, 5) is 15.0. The molecule has 0 aliphatic heterocycles. The van der Waals surface area contributed by atoms with E-state index in [4.69, 9.17) is 10.4 Å². The van der Waals surface area contributed by atoms with Crippen LogP contribution in [0.3, 0.4) is 0 Å². The third kappa shape index (κ3) is 1.94. The lowest BCUT2D eigenvalue weighted by molar-refractivity contribution is 0.0697. The van der Waals surface area contributed by atoms with Crippen molar-refractivity contribution in [2.45, 2.75) is 13.8 Å². The largest absolute Gasteiger partial charge is 0.478 e. The second kappa shape index (κ2) is 4.30. The van der Waals surface area contributed by atoms with Gasteiger partial charge in [0.25, 0.3) is 0 Å². The first-order valence-electron chi connectivity index (χ1n) is 5.19. The highest BCUT2D eigenvalue weighted by molar-refractivity contribution is 5.87. The number of carboxylic acid groups (broad SMARTS) is 1. The fourth-order valence-corrected chi connectivity index (χ4v) is 1.67. The normalized spacial score (nSPS) is 10.1. The minimum Gasteiger partial charge on any atom is -0.478 e. The molecule has 6 nitrogen and oxygen atoms in total. The molecule has 0 amide bonds. The number of nitriles is 1. The molecule has 0 saturated carbocycles. The van der Waals surface area contributed by atoms with Gasteiger partial charge in [0.1, 0.15) is 6.07 Å². The third-order valence-corrected chi connectivity index (χ3v) is 2.48. The van der Waals surface area contributed by atoms with Crippen molar-refractivity contribution in [2.24, 2.45) is 0 Å². The van der Waals surface area contributed by atoms with Crippen LogP contribution < -0.4 is 0 Å². The van der Waals surface area contributed by atoms with Crippen LogP contribution in [0.2, 0.25) is 0 Å². The average molecular weight is 242 g/mol. The zero-order valence-electron chi connectivity index (χ0n) is 9.88. The Morgan fingerprint density at radius 1 is 1.50 bits per heavy atom. The molecule has 6 heteroatoms. The predicted molar refractivity (Wildman–Crippen MR) is 62.5 cm³/mol. The van der Waals surface area contributed by atoms with Gasteiger partial charge in [-0.25, -0.2) is 14.5 Å². The van der Waals surface area contributed by atoms with Crippen molar-refractivity contribution in [1.82, 2.24) is 14.8 Å². The van der Waals surface area contributed by atoms with E-state index in [9.17, 15) is 4.79 Å².